The van der Waals surface area contributed by atoms with Gasteiger partial charge in [0.05, 0.1) is 17.1 Å². The molecule has 7 nitrogen and oxygen atoms in total. The first-order valence-corrected chi connectivity index (χ1v) is 6.04. The summed E-state index contributed by atoms with van der Waals surface area (Å²) in [6.07, 6.45) is 1.13. The van der Waals surface area contributed by atoms with Crippen LogP contribution in [-0.2, 0) is 0 Å². The minimum absolute atomic E-state index is 0.0145. The van der Waals surface area contributed by atoms with Crippen molar-refractivity contribution in [1.29, 1.82) is 0 Å². The van der Waals surface area contributed by atoms with Gasteiger partial charge in [-0.05, 0) is 12.1 Å². The minimum atomic E-state index is -0.655. The van der Waals surface area contributed by atoms with Gasteiger partial charge >= 0.3 is 5.69 Å². The predicted molar refractivity (Wildman–Crippen MR) is 75.0 cm³/mol. The van der Waals surface area contributed by atoms with Gasteiger partial charge in [0.15, 0.2) is 0 Å². The molecular weight excluding hydrogens is 307 g/mol. The van der Waals surface area contributed by atoms with E-state index >= 15 is 0 Å². The number of nitro groups is 1. The van der Waals surface area contributed by atoms with Crippen LogP contribution in [0.1, 0.15) is 0 Å². The molecule has 0 saturated heterocycles. The van der Waals surface area contributed by atoms with Crippen LogP contribution in [0.2, 0.25) is 10.2 Å². The standard InChI is InChI=1S/C11H8Cl2N4O3/c1-20-8-4-6(2-3-7(8)12)16-11-9(17(18)19)10(13)14-5-15-11/h2-5H,1H3,(H,14,15,16). The summed E-state index contributed by atoms with van der Waals surface area (Å²) in [4.78, 5) is 17.7. The molecule has 0 radical (unpaired) electrons. The number of nitrogens with zero attached hydrogens (tertiary/aromatic N) is 3. The first-order valence-electron chi connectivity index (χ1n) is 5.28. The van der Waals surface area contributed by atoms with Gasteiger partial charge in [0.1, 0.15) is 12.1 Å². The molecule has 104 valence electrons. The van der Waals surface area contributed by atoms with Crippen LogP contribution in [0.4, 0.5) is 17.2 Å². The second-order valence-electron chi connectivity index (χ2n) is 3.59. The molecule has 2 rings (SSSR count). The molecule has 2 aromatic rings. The lowest BCUT2D eigenvalue weighted by Gasteiger charge is -2.09. The van der Waals surface area contributed by atoms with Crippen molar-refractivity contribution < 1.29 is 9.66 Å². The maximum absolute atomic E-state index is 11.0. The molecule has 1 aromatic carbocycles. The number of rotatable bonds is 4. The first kappa shape index (κ1) is 14.3. The van der Waals surface area contributed by atoms with Gasteiger partial charge in [0, 0.05) is 11.8 Å². The van der Waals surface area contributed by atoms with Gasteiger partial charge in [-0.25, -0.2) is 9.97 Å². The van der Waals surface area contributed by atoms with Crippen LogP contribution in [0.3, 0.4) is 0 Å². The SMILES string of the molecule is COc1cc(Nc2ncnc(Cl)c2[N+](=O)[O-])ccc1Cl. The Balaban J connectivity index is 2.40. The molecule has 1 aromatic heterocycles. The third-order valence-corrected chi connectivity index (χ3v) is 2.96. The second-order valence-corrected chi connectivity index (χ2v) is 4.36. The Labute approximate surface area is 123 Å². The number of hydrogen-bond donors (Lipinski definition) is 1. The van der Waals surface area contributed by atoms with E-state index in [0.29, 0.717) is 16.5 Å². The summed E-state index contributed by atoms with van der Waals surface area (Å²) in [5, 5.41) is 13.9. The molecule has 0 aliphatic heterocycles. The number of hydrogen-bond acceptors (Lipinski definition) is 6. The van der Waals surface area contributed by atoms with Crippen molar-refractivity contribution in [2.75, 3.05) is 12.4 Å². The van der Waals surface area contributed by atoms with Gasteiger partial charge in [0.2, 0.25) is 11.0 Å². The second kappa shape index (κ2) is 5.89. The summed E-state index contributed by atoms with van der Waals surface area (Å²) in [5.74, 6) is 0.416. The van der Waals surface area contributed by atoms with Crippen LogP contribution in [0.25, 0.3) is 0 Å². The number of aromatic nitrogens is 2. The third kappa shape index (κ3) is 2.89. The van der Waals surface area contributed by atoms with E-state index in [2.05, 4.69) is 15.3 Å². The fourth-order valence-electron chi connectivity index (χ4n) is 1.48. The van der Waals surface area contributed by atoms with Crippen molar-refractivity contribution in [3.63, 3.8) is 0 Å². The van der Waals surface area contributed by atoms with Gasteiger partial charge < -0.3 is 10.1 Å². The fraction of sp³-hybridized carbons (Fsp3) is 0.0909. The average molecular weight is 315 g/mol. The van der Waals surface area contributed by atoms with Crippen molar-refractivity contribution in [3.8, 4) is 5.75 Å². The highest BCUT2D eigenvalue weighted by Gasteiger charge is 2.21. The largest absolute Gasteiger partial charge is 0.495 e. The Kier molecular flexibility index (Phi) is 4.21. The van der Waals surface area contributed by atoms with E-state index in [1.165, 1.54) is 7.11 Å². The Bertz CT molecular complexity index is 666. The molecule has 0 bridgehead atoms. The molecule has 0 spiro atoms. The zero-order valence-corrected chi connectivity index (χ0v) is 11.6. The predicted octanol–water partition coefficient (Wildman–Crippen LogP) is 3.44. The summed E-state index contributed by atoms with van der Waals surface area (Å²) in [5.41, 5.74) is 0.118. The van der Waals surface area contributed by atoms with Gasteiger partial charge in [-0.3, -0.25) is 10.1 Å². The number of benzene rings is 1. The molecule has 0 aliphatic carbocycles. The van der Waals surface area contributed by atoms with E-state index in [1.54, 1.807) is 18.2 Å². The van der Waals surface area contributed by atoms with E-state index in [1.807, 2.05) is 0 Å². The molecule has 0 unspecified atom stereocenters. The van der Waals surface area contributed by atoms with Gasteiger partial charge in [0.25, 0.3) is 0 Å². The summed E-state index contributed by atoms with van der Waals surface area (Å²) in [6.45, 7) is 0. The van der Waals surface area contributed by atoms with Crippen molar-refractivity contribution in [1.82, 2.24) is 9.97 Å². The van der Waals surface area contributed by atoms with E-state index < -0.39 is 10.6 Å². The molecule has 0 atom stereocenters. The van der Waals surface area contributed by atoms with E-state index in [9.17, 15) is 10.1 Å². The fourth-order valence-corrected chi connectivity index (χ4v) is 1.88. The molecule has 9 heteroatoms. The molecule has 20 heavy (non-hydrogen) atoms. The number of anilines is 2. The Morgan fingerprint density at radius 2 is 2.10 bits per heavy atom. The van der Waals surface area contributed by atoms with Crippen molar-refractivity contribution >= 4 is 40.4 Å². The van der Waals surface area contributed by atoms with E-state index in [0.717, 1.165) is 6.33 Å². The third-order valence-electron chi connectivity index (χ3n) is 2.37. The van der Waals surface area contributed by atoms with Crippen LogP contribution < -0.4 is 10.1 Å². The van der Waals surface area contributed by atoms with Crippen LogP contribution in [0.15, 0.2) is 24.5 Å². The highest BCUT2D eigenvalue weighted by Crippen LogP contribution is 2.33. The quantitative estimate of drug-likeness (QED) is 0.528. The van der Waals surface area contributed by atoms with Gasteiger partial charge in [-0.1, -0.05) is 23.2 Å². The zero-order chi connectivity index (χ0) is 14.7. The number of ether oxygens (including phenoxy) is 1. The van der Waals surface area contributed by atoms with Gasteiger partial charge in [-0.2, -0.15) is 0 Å². The molecule has 1 heterocycles. The van der Waals surface area contributed by atoms with Crippen molar-refractivity contribution in [2.24, 2.45) is 0 Å². The smallest absolute Gasteiger partial charge is 0.348 e. The Hall–Kier alpha value is -2.12. The molecule has 0 amide bonds. The van der Waals surface area contributed by atoms with E-state index in [-0.39, 0.29) is 11.0 Å². The normalized spacial score (nSPS) is 10.2. The molecule has 1 N–H and O–H groups in total. The van der Waals surface area contributed by atoms with E-state index in [4.69, 9.17) is 27.9 Å². The highest BCUT2D eigenvalue weighted by atomic mass is 35.5. The summed E-state index contributed by atoms with van der Waals surface area (Å²) in [7, 11) is 1.47. The van der Waals surface area contributed by atoms with Crippen molar-refractivity contribution in [2.45, 2.75) is 0 Å². The Morgan fingerprint density at radius 1 is 1.35 bits per heavy atom. The summed E-state index contributed by atoms with van der Waals surface area (Å²) < 4.78 is 5.06. The van der Waals surface area contributed by atoms with Crippen LogP contribution in [0, 0.1) is 10.1 Å². The van der Waals surface area contributed by atoms with Crippen LogP contribution >= 0.6 is 23.2 Å². The topological polar surface area (TPSA) is 90.2 Å². The minimum Gasteiger partial charge on any atom is -0.495 e. The molecule has 0 saturated carbocycles. The molecular formula is C11H8Cl2N4O3. The lowest BCUT2D eigenvalue weighted by atomic mass is 10.3. The maximum Gasteiger partial charge on any atom is 0.348 e. The van der Waals surface area contributed by atoms with Gasteiger partial charge in [-0.15, -0.1) is 0 Å². The van der Waals surface area contributed by atoms with Crippen molar-refractivity contribution in [3.05, 3.63) is 44.8 Å². The number of halogens is 2. The monoisotopic (exact) mass is 314 g/mol. The number of methoxy groups -OCH3 is 1. The first-order chi connectivity index (χ1) is 9.52. The van der Waals surface area contributed by atoms with Crippen LogP contribution in [-0.4, -0.2) is 22.0 Å². The highest BCUT2D eigenvalue weighted by molar-refractivity contribution is 6.32. The van der Waals surface area contributed by atoms with Crippen LogP contribution in [0.5, 0.6) is 5.75 Å². The summed E-state index contributed by atoms with van der Waals surface area (Å²) >= 11 is 11.6. The maximum atomic E-state index is 11.0. The summed E-state index contributed by atoms with van der Waals surface area (Å²) in [6, 6.07) is 4.81. The Morgan fingerprint density at radius 3 is 2.75 bits per heavy atom. The average Bonchev–Trinajstić information content (AvgIpc) is 2.40. The molecule has 0 aliphatic rings. The lowest BCUT2D eigenvalue weighted by Crippen LogP contribution is -2.01. The zero-order valence-electron chi connectivity index (χ0n) is 10.1. The lowest BCUT2D eigenvalue weighted by molar-refractivity contribution is -0.384. The number of nitrogens with one attached hydrogen (secondary N) is 1. The molecule has 0 fully saturated rings.